The highest BCUT2D eigenvalue weighted by Gasteiger charge is 2.15. The maximum Gasteiger partial charge on any atom is 0.356 e. The molecule has 2 N–H and O–H groups in total. The van der Waals surface area contributed by atoms with Crippen molar-refractivity contribution in [3.8, 4) is 5.88 Å². The molecule has 1 aromatic rings. The first-order valence-corrected chi connectivity index (χ1v) is 3.75. The number of hydrogen-bond donors (Lipinski definition) is 2. The molecule has 0 radical (unpaired) electrons. The van der Waals surface area contributed by atoms with Crippen LogP contribution in [0, 0.1) is 0 Å². The Kier molecular flexibility index (Phi) is 3.08. The molecule has 0 saturated heterocycles. The molecule has 0 unspecified atom stereocenters. The van der Waals surface area contributed by atoms with Crippen LogP contribution < -0.4 is 10.1 Å². The van der Waals surface area contributed by atoms with Crippen LogP contribution in [0.1, 0.15) is 10.5 Å². The summed E-state index contributed by atoms with van der Waals surface area (Å²) in [7, 11) is 0. The van der Waals surface area contributed by atoms with Crippen LogP contribution >= 0.6 is 12.4 Å². The van der Waals surface area contributed by atoms with Gasteiger partial charge in [-0.3, -0.25) is 0 Å². The minimum Gasteiger partial charge on any atom is -0.476 e. The molecule has 76 valence electrons. The fraction of sp³-hybridized carbons (Fsp3) is 0.286. The van der Waals surface area contributed by atoms with Crippen molar-refractivity contribution in [2.24, 2.45) is 0 Å². The highest BCUT2D eigenvalue weighted by Crippen LogP contribution is 2.23. The van der Waals surface area contributed by atoms with Crippen LogP contribution in [0.3, 0.4) is 0 Å². The van der Waals surface area contributed by atoms with Crippen molar-refractivity contribution in [3.05, 3.63) is 11.8 Å². The summed E-state index contributed by atoms with van der Waals surface area (Å²) in [6.07, 6.45) is 0. The number of carboxylic acids is 1. The van der Waals surface area contributed by atoms with Gasteiger partial charge >= 0.3 is 5.97 Å². The SMILES string of the molecule is Cl.O=C(O)c1cc2c(nn1)OCCN2. The largest absolute Gasteiger partial charge is 0.476 e. The van der Waals surface area contributed by atoms with E-state index >= 15 is 0 Å². The number of carboxylic acid groups (broad SMARTS) is 1. The van der Waals surface area contributed by atoms with Crippen LogP contribution in [0.5, 0.6) is 5.88 Å². The van der Waals surface area contributed by atoms with Gasteiger partial charge < -0.3 is 15.2 Å². The summed E-state index contributed by atoms with van der Waals surface area (Å²) in [6.45, 7) is 1.17. The fourth-order valence-electron chi connectivity index (χ4n) is 1.05. The van der Waals surface area contributed by atoms with E-state index in [1.807, 2.05) is 0 Å². The zero-order valence-electron chi connectivity index (χ0n) is 7.06. The van der Waals surface area contributed by atoms with E-state index in [0.717, 1.165) is 0 Å². The second-order valence-electron chi connectivity index (χ2n) is 2.53. The van der Waals surface area contributed by atoms with Crippen molar-refractivity contribution >= 4 is 24.1 Å². The maximum atomic E-state index is 10.5. The van der Waals surface area contributed by atoms with E-state index < -0.39 is 5.97 Å². The molecule has 6 nitrogen and oxygen atoms in total. The Bertz CT molecular complexity index is 358. The molecule has 0 fully saturated rings. The molecule has 0 aromatic carbocycles. The summed E-state index contributed by atoms with van der Waals surface area (Å²) in [6, 6.07) is 1.41. The zero-order chi connectivity index (χ0) is 9.26. The van der Waals surface area contributed by atoms with E-state index in [0.29, 0.717) is 24.7 Å². The highest BCUT2D eigenvalue weighted by atomic mass is 35.5. The molecule has 7 heteroatoms. The standard InChI is InChI=1S/C7H7N3O3.ClH/c11-7(12)5-3-4-6(10-9-5)13-2-1-8-4;/h3,8H,1-2H2,(H,11,12);1H. The second kappa shape index (κ2) is 4.10. The minimum atomic E-state index is -1.09. The predicted octanol–water partition coefficient (Wildman–Crippen LogP) is 0.401. The monoisotopic (exact) mass is 217 g/mol. The van der Waals surface area contributed by atoms with E-state index in [2.05, 4.69) is 15.5 Å². The van der Waals surface area contributed by atoms with Crippen LogP contribution in [-0.2, 0) is 0 Å². The third-order valence-electron chi connectivity index (χ3n) is 1.64. The number of rotatable bonds is 1. The van der Waals surface area contributed by atoms with E-state index in [4.69, 9.17) is 9.84 Å². The first-order valence-electron chi connectivity index (χ1n) is 3.75. The summed E-state index contributed by atoms with van der Waals surface area (Å²) in [5.41, 5.74) is 0.496. The Morgan fingerprint density at radius 3 is 3.07 bits per heavy atom. The number of aromatic carboxylic acids is 1. The van der Waals surface area contributed by atoms with Gasteiger partial charge in [0.2, 0.25) is 0 Å². The average molecular weight is 218 g/mol. The fourth-order valence-corrected chi connectivity index (χ4v) is 1.05. The quantitative estimate of drug-likeness (QED) is 0.709. The zero-order valence-corrected chi connectivity index (χ0v) is 7.87. The van der Waals surface area contributed by atoms with E-state index in [1.54, 1.807) is 0 Å². The molecular formula is C7H8ClN3O3. The van der Waals surface area contributed by atoms with Crippen molar-refractivity contribution < 1.29 is 14.6 Å². The van der Waals surface area contributed by atoms with Gasteiger partial charge in [0.05, 0.1) is 0 Å². The number of nitrogens with one attached hydrogen (secondary N) is 1. The molecule has 1 aliphatic heterocycles. The lowest BCUT2D eigenvalue weighted by molar-refractivity contribution is 0.0689. The Morgan fingerprint density at radius 1 is 1.57 bits per heavy atom. The summed E-state index contributed by atoms with van der Waals surface area (Å²) < 4.78 is 5.13. The summed E-state index contributed by atoms with van der Waals surface area (Å²) in [5, 5.41) is 18.7. The van der Waals surface area contributed by atoms with Crippen molar-refractivity contribution in [2.75, 3.05) is 18.5 Å². The molecule has 2 rings (SSSR count). The molecule has 0 saturated carbocycles. The second-order valence-corrected chi connectivity index (χ2v) is 2.53. The van der Waals surface area contributed by atoms with Crippen LogP contribution in [0.2, 0.25) is 0 Å². The van der Waals surface area contributed by atoms with Gasteiger partial charge in [-0.15, -0.1) is 22.6 Å². The summed E-state index contributed by atoms with van der Waals surface area (Å²) in [4.78, 5) is 10.5. The van der Waals surface area contributed by atoms with Gasteiger partial charge in [-0.25, -0.2) is 4.79 Å². The number of ether oxygens (including phenoxy) is 1. The van der Waals surface area contributed by atoms with Crippen molar-refractivity contribution in [3.63, 3.8) is 0 Å². The summed E-state index contributed by atoms with van der Waals surface area (Å²) in [5.74, 6) is -0.737. The number of fused-ring (bicyclic) bond motifs is 1. The van der Waals surface area contributed by atoms with Gasteiger partial charge in [0.1, 0.15) is 12.3 Å². The molecule has 14 heavy (non-hydrogen) atoms. The Morgan fingerprint density at radius 2 is 2.36 bits per heavy atom. The van der Waals surface area contributed by atoms with Crippen molar-refractivity contribution in [1.82, 2.24) is 10.2 Å². The third-order valence-corrected chi connectivity index (χ3v) is 1.64. The number of halogens is 1. The maximum absolute atomic E-state index is 10.5. The number of aromatic nitrogens is 2. The lowest BCUT2D eigenvalue weighted by Gasteiger charge is -2.16. The molecular weight excluding hydrogens is 210 g/mol. The van der Waals surface area contributed by atoms with Crippen LogP contribution in [-0.4, -0.2) is 34.4 Å². The molecule has 1 aromatic heterocycles. The molecule has 0 amide bonds. The molecule has 1 aliphatic rings. The summed E-state index contributed by atoms with van der Waals surface area (Å²) >= 11 is 0. The van der Waals surface area contributed by atoms with Gasteiger partial charge in [-0.2, -0.15) is 0 Å². The lowest BCUT2D eigenvalue weighted by atomic mass is 10.3. The molecule has 0 bridgehead atoms. The van der Waals surface area contributed by atoms with E-state index in [9.17, 15) is 4.79 Å². The van der Waals surface area contributed by atoms with Gasteiger partial charge in [0.25, 0.3) is 5.88 Å². The third kappa shape index (κ3) is 1.85. The molecule has 0 spiro atoms. The van der Waals surface area contributed by atoms with Crippen molar-refractivity contribution in [1.29, 1.82) is 0 Å². The number of hydrogen-bond acceptors (Lipinski definition) is 5. The Balaban J connectivity index is 0.000000980. The van der Waals surface area contributed by atoms with Gasteiger partial charge in [-0.1, -0.05) is 0 Å². The van der Waals surface area contributed by atoms with Crippen LogP contribution in [0.15, 0.2) is 6.07 Å². The van der Waals surface area contributed by atoms with Gasteiger partial charge in [0.15, 0.2) is 5.69 Å². The van der Waals surface area contributed by atoms with Gasteiger partial charge in [0, 0.05) is 12.6 Å². The first kappa shape index (κ1) is 10.5. The minimum absolute atomic E-state index is 0. The lowest BCUT2D eigenvalue weighted by Crippen LogP contribution is -2.20. The average Bonchev–Trinajstić information content (AvgIpc) is 2.17. The molecule has 0 aliphatic carbocycles. The molecule has 0 atom stereocenters. The van der Waals surface area contributed by atoms with Crippen molar-refractivity contribution in [2.45, 2.75) is 0 Å². The Labute approximate surface area is 85.7 Å². The van der Waals surface area contributed by atoms with Gasteiger partial charge in [-0.05, 0) is 0 Å². The number of carbonyl (C=O) groups is 1. The topological polar surface area (TPSA) is 84.3 Å². The normalized spacial score (nSPS) is 12.9. The predicted molar refractivity (Wildman–Crippen MR) is 50.2 cm³/mol. The van der Waals surface area contributed by atoms with E-state index in [-0.39, 0.29) is 18.1 Å². The first-order chi connectivity index (χ1) is 6.27. The highest BCUT2D eigenvalue weighted by molar-refractivity contribution is 5.86. The number of nitrogens with zero attached hydrogens (tertiary/aromatic N) is 2. The number of anilines is 1. The molecule has 2 heterocycles. The van der Waals surface area contributed by atoms with Crippen LogP contribution in [0.4, 0.5) is 5.69 Å². The van der Waals surface area contributed by atoms with E-state index in [1.165, 1.54) is 6.07 Å². The smallest absolute Gasteiger partial charge is 0.356 e. The Hall–Kier alpha value is -1.56. The van der Waals surface area contributed by atoms with Crippen LogP contribution in [0.25, 0.3) is 0 Å².